The SMILES string of the molecule is C=CC(C)(C)[C@@H]1C[C@@H](C[C@@H](CC)Oc2ccc(OC)cc2)OC(C)(C)O1. The summed E-state index contributed by atoms with van der Waals surface area (Å²) in [6.45, 7) is 14.4. The van der Waals surface area contributed by atoms with Crippen LogP contribution in [0.15, 0.2) is 36.9 Å². The number of benzene rings is 1. The van der Waals surface area contributed by atoms with Crippen LogP contribution in [-0.4, -0.2) is 31.2 Å². The van der Waals surface area contributed by atoms with Crippen LogP contribution in [0.4, 0.5) is 0 Å². The maximum Gasteiger partial charge on any atom is 0.163 e. The minimum Gasteiger partial charge on any atom is -0.497 e. The maximum atomic E-state index is 6.19. The average molecular weight is 363 g/mol. The second-order valence-electron chi connectivity index (χ2n) is 8.07. The lowest BCUT2D eigenvalue weighted by atomic mass is 9.82. The molecule has 0 aliphatic carbocycles. The lowest BCUT2D eigenvalue weighted by molar-refractivity contribution is -0.315. The first-order valence-electron chi connectivity index (χ1n) is 9.49. The van der Waals surface area contributed by atoms with Crippen molar-refractivity contribution >= 4 is 0 Å². The highest BCUT2D eigenvalue weighted by molar-refractivity contribution is 5.31. The molecule has 0 aromatic heterocycles. The van der Waals surface area contributed by atoms with Gasteiger partial charge in [0.2, 0.25) is 0 Å². The monoisotopic (exact) mass is 362 g/mol. The number of hydrogen-bond acceptors (Lipinski definition) is 4. The summed E-state index contributed by atoms with van der Waals surface area (Å²) in [6, 6.07) is 7.72. The Bertz CT molecular complexity index is 576. The van der Waals surface area contributed by atoms with Gasteiger partial charge in [-0.05, 0) is 44.5 Å². The minimum atomic E-state index is -0.605. The maximum absolute atomic E-state index is 6.19. The Labute approximate surface area is 158 Å². The van der Waals surface area contributed by atoms with E-state index in [2.05, 4.69) is 27.4 Å². The van der Waals surface area contributed by atoms with Crippen LogP contribution in [0, 0.1) is 5.41 Å². The molecule has 1 aromatic carbocycles. The van der Waals surface area contributed by atoms with Gasteiger partial charge in [-0.2, -0.15) is 0 Å². The Balaban J connectivity index is 2.04. The predicted octanol–water partition coefficient (Wildman–Crippen LogP) is 5.37. The van der Waals surface area contributed by atoms with Gasteiger partial charge in [-0.1, -0.05) is 26.8 Å². The largest absolute Gasteiger partial charge is 0.497 e. The van der Waals surface area contributed by atoms with E-state index < -0.39 is 5.79 Å². The average Bonchev–Trinajstić information content (AvgIpc) is 2.60. The van der Waals surface area contributed by atoms with Crippen LogP contribution in [0.25, 0.3) is 0 Å². The molecule has 1 aromatic rings. The Morgan fingerprint density at radius 2 is 1.85 bits per heavy atom. The summed E-state index contributed by atoms with van der Waals surface area (Å²) in [5.41, 5.74) is -0.0994. The molecule has 0 spiro atoms. The molecular weight excluding hydrogens is 328 g/mol. The molecule has 26 heavy (non-hydrogen) atoms. The van der Waals surface area contributed by atoms with E-state index >= 15 is 0 Å². The molecule has 0 amide bonds. The van der Waals surface area contributed by atoms with E-state index in [-0.39, 0.29) is 23.7 Å². The Morgan fingerprint density at radius 1 is 1.23 bits per heavy atom. The molecule has 0 bridgehead atoms. The van der Waals surface area contributed by atoms with Gasteiger partial charge in [0.15, 0.2) is 5.79 Å². The molecule has 4 nitrogen and oxygen atoms in total. The number of ether oxygens (including phenoxy) is 4. The Morgan fingerprint density at radius 3 is 2.38 bits per heavy atom. The summed E-state index contributed by atoms with van der Waals surface area (Å²) in [7, 11) is 1.66. The first-order valence-corrected chi connectivity index (χ1v) is 9.49. The lowest BCUT2D eigenvalue weighted by Crippen LogP contribution is -2.50. The molecule has 0 N–H and O–H groups in total. The van der Waals surface area contributed by atoms with E-state index in [1.54, 1.807) is 7.11 Å². The molecule has 1 heterocycles. The smallest absolute Gasteiger partial charge is 0.163 e. The molecule has 1 aliphatic rings. The van der Waals surface area contributed by atoms with E-state index in [9.17, 15) is 0 Å². The highest BCUT2D eigenvalue weighted by Gasteiger charge is 2.42. The molecule has 1 aliphatic heterocycles. The molecule has 3 atom stereocenters. The van der Waals surface area contributed by atoms with E-state index in [1.807, 2.05) is 44.2 Å². The zero-order chi connectivity index (χ0) is 19.4. The van der Waals surface area contributed by atoms with Gasteiger partial charge >= 0.3 is 0 Å². The van der Waals surface area contributed by atoms with Crippen LogP contribution in [0.2, 0.25) is 0 Å². The summed E-state index contributed by atoms with van der Waals surface area (Å²) < 4.78 is 23.8. The van der Waals surface area contributed by atoms with Crippen LogP contribution in [0.5, 0.6) is 11.5 Å². The molecule has 0 saturated carbocycles. The highest BCUT2D eigenvalue weighted by atomic mass is 16.7. The molecule has 1 saturated heterocycles. The second kappa shape index (κ2) is 8.45. The van der Waals surface area contributed by atoms with Crippen molar-refractivity contribution < 1.29 is 18.9 Å². The fourth-order valence-electron chi connectivity index (χ4n) is 3.28. The van der Waals surface area contributed by atoms with Crippen molar-refractivity contribution in [1.82, 2.24) is 0 Å². The molecule has 0 radical (unpaired) electrons. The molecule has 0 unspecified atom stereocenters. The van der Waals surface area contributed by atoms with Gasteiger partial charge in [0.1, 0.15) is 17.6 Å². The van der Waals surface area contributed by atoms with E-state index in [0.717, 1.165) is 30.8 Å². The van der Waals surface area contributed by atoms with Crippen LogP contribution in [0.3, 0.4) is 0 Å². The topological polar surface area (TPSA) is 36.9 Å². The van der Waals surface area contributed by atoms with E-state index in [0.29, 0.717) is 0 Å². The van der Waals surface area contributed by atoms with Gasteiger partial charge in [0, 0.05) is 18.3 Å². The van der Waals surface area contributed by atoms with E-state index in [1.165, 1.54) is 0 Å². The molecular formula is C22H34O4. The van der Waals surface area contributed by atoms with Gasteiger partial charge in [0.25, 0.3) is 0 Å². The zero-order valence-corrected chi connectivity index (χ0v) is 17.1. The third kappa shape index (κ3) is 5.49. The molecule has 146 valence electrons. The third-order valence-electron chi connectivity index (χ3n) is 5.05. The zero-order valence-electron chi connectivity index (χ0n) is 17.1. The number of rotatable bonds is 8. The third-order valence-corrected chi connectivity index (χ3v) is 5.05. The molecule has 2 rings (SSSR count). The summed E-state index contributed by atoms with van der Waals surface area (Å²) in [5, 5.41) is 0. The van der Waals surface area contributed by atoms with Crippen molar-refractivity contribution in [2.75, 3.05) is 7.11 Å². The van der Waals surface area contributed by atoms with Gasteiger partial charge in [-0.15, -0.1) is 6.58 Å². The Hall–Kier alpha value is -1.52. The van der Waals surface area contributed by atoms with Crippen LogP contribution < -0.4 is 9.47 Å². The van der Waals surface area contributed by atoms with Crippen LogP contribution in [-0.2, 0) is 9.47 Å². The van der Waals surface area contributed by atoms with Crippen molar-refractivity contribution in [3.63, 3.8) is 0 Å². The summed E-state index contributed by atoms with van der Waals surface area (Å²) >= 11 is 0. The predicted molar refractivity (Wildman–Crippen MR) is 105 cm³/mol. The lowest BCUT2D eigenvalue weighted by Gasteiger charge is -2.46. The molecule has 1 fully saturated rings. The summed E-state index contributed by atoms with van der Waals surface area (Å²) in [5.74, 6) is 1.08. The Kier molecular flexibility index (Phi) is 6.75. The van der Waals surface area contributed by atoms with Gasteiger partial charge in [-0.25, -0.2) is 0 Å². The van der Waals surface area contributed by atoms with Gasteiger partial charge < -0.3 is 18.9 Å². The van der Waals surface area contributed by atoms with Gasteiger partial charge in [-0.3, -0.25) is 0 Å². The standard InChI is InChI=1S/C22H34O4/c1-8-16(24-18-12-10-17(23-7)11-13-18)14-19-15-20(21(3,4)9-2)26-22(5,6)25-19/h9-13,16,19-20H,2,8,14-15H2,1,3-7H3/t16-,19-,20+/m1/s1. The first-order chi connectivity index (χ1) is 12.2. The first kappa shape index (κ1) is 20.8. The molecule has 4 heteroatoms. The second-order valence-corrected chi connectivity index (χ2v) is 8.07. The van der Waals surface area contributed by atoms with Crippen molar-refractivity contribution in [2.24, 2.45) is 5.41 Å². The van der Waals surface area contributed by atoms with Crippen molar-refractivity contribution in [2.45, 2.75) is 78.0 Å². The summed E-state index contributed by atoms with van der Waals surface area (Å²) in [4.78, 5) is 0. The van der Waals surface area contributed by atoms with Crippen molar-refractivity contribution in [1.29, 1.82) is 0 Å². The highest BCUT2D eigenvalue weighted by Crippen LogP contribution is 2.38. The normalized spacial score (nSPS) is 23.9. The number of hydrogen-bond donors (Lipinski definition) is 0. The van der Waals surface area contributed by atoms with Crippen molar-refractivity contribution in [3.05, 3.63) is 36.9 Å². The van der Waals surface area contributed by atoms with E-state index in [4.69, 9.17) is 18.9 Å². The fourth-order valence-corrected chi connectivity index (χ4v) is 3.28. The quantitative estimate of drug-likeness (QED) is 0.583. The van der Waals surface area contributed by atoms with Crippen LogP contribution >= 0.6 is 0 Å². The fraction of sp³-hybridized carbons (Fsp3) is 0.636. The minimum absolute atomic E-state index is 0.0762. The summed E-state index contributed by atoms with van der Waals surface area (Å²) in [6.07, 6.45) is 4.82. The van der Waals surface area contributed by atoms with Gasteiger partial charge in [0.05, 0.1) is 19.3 Å². The van der Waals surface area contributed by atoms with Crippen molar-refractivity contribution in [3.8, 4) is 11.5 Å². The number of methoxy groups -OCH3 is 1. The van der Waals surface area contributed by atoms with Crippen LogP contribution in [0.1, 0.15) is 53.9 Å².